The number of hydrogen-bond acceptors (Lipinski definition) is 6. The average molecular weight is 242 g/mol. The maximum Gasteiger partial charge on any atom is 0.689 e. The van der Waals surface area contributed by atoms with Crippen molar-refractivity contribution in [1.29, 1.82) is 0 Å². The summed E-state index contributed by atoms with van der Waals surface area (Å²) < 4.78 is 13.6. The largest absolute Gasteiger partial charge is 0.689 e. The summed E-state index contributed by atoms with van der Waals surface area (Å²) in [6.07, 6.45) is 2.55. The zero-order valence-corrected chi connectivity index (χ0v) is 9.53. The fourth-order valence-electron chi connectivity index (χ4n) is 0.501. The Morgan fingerprint density at radius 2 is 1.00 bits per heavy atom. The first-order chi connectivity index (χ1) is 7.53. The van der Waals surface area contributed by atoms with Gasteiger partial charge >= 0.3 is 27.4 Å². The van der Waals surface area contributed by atoms with E-state index in [-0.39, 0.29) is 0 Å². The minimum atomic E-state index is -3.22. The molecule has 0 aliphatic carbocycles. The summed E-state index contributed by atoms with van der Waals surface area (Å²) in [6, 6.07) is 0. The molecule has 0 rings (SSSR count). The van der Waals surface area contributed by atoms with E-state index in [0.29, 0.717) is 0 Å². The van der Waals surface area contributed by atoms with E-state index >= 15 is 0 Å². The summed E-state index contributed by atoms with van der Waals surface area (Å²) in [4.78, 5) is 32.5. The molecule has 0 aromatic carbocycles. The van der Waals surface area contributed by atoms with Gasteiger partial charge in [-0.3, -0.25) is 0 Å². The Morgan fingerprint density at radius 1 is 0.750 bits per heavy atom. The Labute approximate surface area is 93.8 Å². The fraction of sp³-hybridized carbons (Fsp3) is 0. The molecular weight excluding hydrogens is 232 g/mol. The Kier molecular flexibility index (Phi) is 6.21. The van der Waals surface area contributed by atoms with Gasteiger partial charge in [0.15, 0.2) is 0 Å². The second-order valence-electron chi connectivity index (χ2n) is 2.21. The van der Waals surface area contributed by atoms with Gasteiger partial charge < -0.3 is 13.3 Å². The van der Waals surface area contributed by atoms with E-state index in [2.05, 4.69) is 33.0 Å². The first-order valence-corrected chi connectivity index (χ1v) is 5.44. The minimum Gasteiger partial charge on any atom is -0.454 e. The predicted molar refractivity (Wildman–Crippen MR) is 56.0 cm³/mol. The van der Waals surface area contributed by atoms with Crippen molar-refractivity contribution in [2.75, 3.05) is 0 Å². The van der Waals surface area contributed by atoms with Gasteiger partial charge in [0.2, 0.25) is 0 Å². The topological polar surface area (TPSA) is 78.9 Å². The smallest absolute Gasteiger partial charge is 0.454 e. The Balaban J connectivity index is 4.48. The summed E-state index contributed by atoms with van der Waals surface area (Å²) in [5, 5.41) is 0. The van der Waals surface area contributed by atoms with Crippen molar-refractivity contribution in [2.24, 2.45) is 0 Å². The molecule has 0 atom stereocenters. The molecule has 86 valence electrons. The highest BCUT2D eigenvalue weighted by molar-refractivity contribution is 6.45. The molecule has 0 unspecified atom stereocenters. The molecule has 0 spiro atoms. The Hall–Kier alpha value is -2.15. The van der Waals surface area contributed by atoms with Gasteiger partial charge in [-0.2, -0.15) is 0 Å². The van der Waals surface area contributed by atoms with Crippen molar-refractivity contribution in [3.63, 3.8) is 0 Å². The predicted octanol–water partition coefficient (Wildman–Crippen LogP) is -0.109. The zero-order chi connectivity index (χ0) is 12.6. The first-order valence-electron chi connectivity index (χ1n) is 4.02. The van der Waals surface area contributed by atoms with Crippen LogP contribution >= 0.6 is 0 Å². The normalized spacial score (nSPS) is 8.81. The van der Waals surface area contributed by atoms with E-state index in [1.165, 1.54) is 0 Å². The molecule has 16 heavy (non-hydrogen) atoms. The van der Waals surface area contributed by atoms with Crippen LogP contribution in [0.1, 0.15) is 0 Å². The van der Waals surface area contributed by atoms with Gasteiger partial charge in [0.1, 0.15) is 0 Å². The molecule has 0 aromatic rings. The lowest BCUT2D eigenvalue weighted by molar-refractivity contribution is -0.141. The third-order valence-corrected chi connectivity index (χ3v) is 2.41. The SMILES string of the molecule is C=CC(=O)O[SiH](OC(=O)C=C)OC(=O)C=C. The summed E-state index contributed by atoms with van der Waals surface area (Å²) >= 11 is 0. The van der Waals surface area contributed by atoms with Gasteiger partial charge in [-0.1, -0.05) is 19.7 Å². The zero-order valence-electron chi connectivity index (χ0n) is 8.38. The minimum absolute atomic E-state index is 0.851. The van der Waals surface area contributed by atoms with Crippen LogP contribution in [0, 0.1) is 0 Å². The van der Waals surface area contributed by atoms with Gasteiger partial charge in [0.25, 0.3) is 0 Å². The van der Waals surface area contributed by atoms with Crippen molar-refractivity contribution >= 4 is 27.4 Å². The van der Waals surface area contributed by atoms with E-state index in [4.69, 9.17) is 0 Å². The molecule has 0 aliphatic rings. The third-order valence-electron chi connectivity index (χ3n) is 1.14. The van der Waals surface area contributed by atoms with Crippen molar-refractivity contribution in [1.82, 2.24) is 0 Å². The van der Waals surface area contributed by atoms with Crippen LogP contribution in [0.2, 0.25) is 0 Å². The van der Waals surface area contributed by atoms with Gasteiger partial charge in [-0.05, 0) is 0 Å². The Morgan fingerprint density at radius 3 is 1.19 bits per heavy atom. The van der Waals surface area contributed by atoms with E-state index < -0.39 is 27.4 Å². The number of rotatable bonds is 6. The van der Waals surface area contributed by atoms with Crippen molar-refractivity contribution < 1.29 is 27.7 Å². The van der Waals surface area contributed by atoms with Crippen molar-refractivity contribution in [3.05, 3.63) is 38.0 Å². The van der Waals surface area contributed by atoms with Crippen LogP contribution in [0.5, 0.6) is 0 Å². The van der Waals surface area contributed by atoms with E-state index in [9.17, 15) is 14.4 Å². The molecule has 7 heteroatoms. The lowest BCUT2D eigenvalue weighted by Crippen LogP contribution is -2.33. The van der Waals surface area contributed by atoms with Crippen LogP contribution < -0.4 is 0 Å². The first kappa shape index (κ1) is 13.8. The standard InChI is InChI=1S/C9H10O6Si/c1-4-7(10)13-16(14-8(11)5-2)15-9(12)6-3/h4-6,16H,1-3H2. The lowest BCUT2D eigenvalue weighted by Gasteiger charge is -2.12. The molecule has 0 fully saturated rings. The third kappa shape index (κ3) is 5.55. The molecule has 0 amide bonds. The van der Waals surface area contributed by atoms with Crippen LogP contribution in [0.4, 0.5) is 0 Å². The maximum atomic E-state index is 10.8. The number of carbonyl (C=O) groups excluding carboxylic acids is 3. The lowest BCUT2D eigenvalue weighted by atomic mass is 10.7. The van der Waals surface area contributed by atoms with Crippen molar-refractivity contribution in [2.45, 2.75) is 0 Å². The highest BCUT2D eigenvalue weighted by atomic mass is 28.3. The van der Waals surface area contributed by atoms with Crippen LogP contribution in [0.3, 0.4) is 0 Å². The van der Waals surface area contributed by atoms with Gasteiger partial charge in [0.05, 0.1) is 0 Å². The summed E-state index contributed by atoms with van der Waals surface area (Å²) in [5.74, 6) is -2.57. The molecule has 0 bridgehead atoms. The molecule has 0 saturated heterocycles. The highest BCUT2D eigenvalue weighted by Gasteiger charge is 2.27. The molecule has 0 heterocycles. The second-order valence-corrected chi connectivity index (χ2v) is 3.50. The van der Waals surface area contributed by atoms with Crippen LogP contribution in [-0.4, -0.2) is 27.4 Å². The monoisotopic (exact) mass is 242 g/mol. The van der Waals surface area contributed by atoms with Gasteiger partial charge in [-0.25, -0.2) is 14.4 Å². The quantitative estimate of drug-likeness (QED) is 0.477. The van der Waals surface area contributed by atoms with E-state index in [1.54, 1.807) is 0 Å². The summed E-state index contributed by atoms with van der Waals surface area (Å²) in [7, 11) is -3.22. The average Bonchev–Trinajstić information content (AvgIpc) is 2.28. The van der Waals surface area contributed by atoms with E-state index in [0.717, 1.165) is 18.2 Å². The van der Waals surface area contributed by atoms with Crippen molar-refractivity contribution in [3.8, 4) is 0 Å². The second kappa shape index (κ2) is 7.18. The molecule has 0 aliphatic heterocycles. The van der Waals surface area contributed by atoms with Crippen LogP contribution in [-0.2, 0) is 27.7 Å². The van der Waals surface area contributed by atoms with Crippen LogP contribution in [0.15, 0.2) is 38.0 Å². The van der Waals surface area contributed by atoms with Gasteiger partial charge in [-0.15, -0.1) is 0 Å². The van der Waals surface area contributed by atoms with E-state index in [1.807, 2.05) is 0 Å². The molecular formula is C9H10O6Si. The molecule has 0 radical (unpaired) electrons. The molecule has 0 aromatic heterocycles. The molecule has 0 N–H and O–H groups in total. The van der Waals surface area contributed by atoms with Gasteiger partial charge in [0, 0.05) is 18.2 Å². The fourth-order valence-corrected chi connectivity index (χ4v) is 1.50. The maximum absolute atomic E-state index is 10.8. The highest BCUT2D eigenvalue weighted by Crippen LogP contribution is 1.97. The molecule has 0 saturated carbocycles. The Bertz CT molecular complexity index is 283. The number of carbonyl (C=O) groups is 3. The summed E-state index contributed by atoms with van der Waals surface area (Å²) in [5.41, 5.74) is 0. The van der Waals surface area contributed by atoms with Crippen LogP contribution in [0.25, 0.3) is 0 Å². The molecule has 6 nitrogen and oxygen atoms in total. The number of hydrogen-bond donors (Lipinski definition) is 0. The summed E-state index contributed by atoms with van der Waals surface area (Å²) in [6.45, 7) is 9.42.